The highest BCUT2D eigenvalue weighted by atomic mass is 16.5. The molecule has 1 amide bonds. The van der Waals surface area contributed by atoms with Gasteiger partial charge in [0.2, 0.25) is 17.1 Å². The summed E-state index contributed by atoms with van der Waals surface area (Å²) in [7, 11) is 4.79. The van der Waals surface area contributed by atoms with Crippen molar-refractivity contribution in [3.8, 4) is 28.4 Å². The van der Waals surface area contributed by atoms with E-state index in [1.54, 1.807) is 27.4 Å². The number of aryl methyl sites for hydroxylation is 1. The number of methoxy groups -OCH3 is 3. The molecule has 3 aromatic carbocycles. The Morgan fingerprint density at radius 3 is 2.21 bits per heavy atom. The lowest BCUT2D eigenvalue weighted by molar-refractivity contribution is -0.119. The van der Waals surface area contributed by atoms with E-state index in [0.29, 0.717) is 35.8 Å². The summed E-state index contributed by atoms with van der Waals surface area (Å²) in [4.78, 5) is 30.4. The quantitative estimate of drug-likeness (QED) is 0.513. The molecule has 0 aromatic heterocycles. The summed E-state index contributed by atoms with van der Waals surface area (Å²) in [5, 5.41) is 3.07. The molecule has 1 fully saturated rings. The van der Waals surface area contributed by atoms with Gasteiger partial charge in [-0.2, -0.15) is 0 Å². The van der Waals surface area contributed by atoms with Crippen LogP contribution in [0.5, 0.6) is 17.2 Å². The van der Waals surface area contributed by atoms with E-state index in [1.165, 1.54) is 12.6 Å². The topological polar surface area (TPSA) is 80.3 Å². The molecule has 0 spiro atoms. The van der Waals surface area contributed by atoms with Gasteiger partial charge in [-0.15, -0.1) is 0 Å². The standard InChI is InChI=1S/C31H35N3O5/c1-20(35)32-25-12-10-21-18-28(37-2)30(38-3)31(39-4)29(21)23-11-13-26(27(36)19-24(23)25)34-16-14-33(15-17-34)22-8-6-5-7-9-22/h5-9,11,13,18-19,25H,10,12,14-17H2,1-4H3,(H,32,35)/t25-/m1/s1. The van der Waals surface area contributed by atoms with Crippen LogP contribution in [0, 0.1) is 0 Å². The molecule has 1 atom stereocenters. The van der Waals surface area contributed by atoms with E-state index >= 15 is 0 Å². The zero-order valence-electron chi connectivity index (χ0n) is 23.0. The Kier molecular flexibility index (Phi) is 7.63. The molecule has 0 unspecified atom stereocenters. The van der Waals surface area contributed by atoms with Crippen LogP contribution in [0.3, 0.4) is 0 Å². The summed E-state index contributed by atoms with van der Waals surface area (Å²) in [5.41, 5.74) is 5.25. The first-order valence-electron chi connectivity index (χ1n) is 13.3. The highest BCUT2D eigenvalue weighted by molar-refractivity contribution is 5.83. The van der Waals surface area contributed by atoms with Gasteiger partial charge in [0.15, 0.2) is 11.5 Å². The van der Waals surface area contributed by atoms with Crippen molar-refractivity contribution < 1.29 is 19.0 Å². The van der Waals surface area contributed by atoms with Gasteiger partial charge in [0, 0.05) is 44.4 Å². The number of para-hydroxylation sites is 1. The van der Waals surface area contributed by atoms with Crippen molar-refractivity contribution in [3.05, 3.63) is 75.9 Å². The summed E-state index contributed by atoms with van der Waals surface area (Å²) in [6.45, 7) is 4.62. The lowest BCUT2D eigenvalue weighted by atomic mass is 9.95. The van der Waals surface area contributed by atoms with Gasteiger partial charge in [0.25, 0.3) is 0 Å². The SMILES string of the molecule is COc1cc2c(c(OC)c1OC)-c1ccc(N3CCN(c4ccccc4)CC3)c(=O)cc1[C@H](NC(C)=O)CC2. The molecule has 0 saturated carbocycles. The molecule has 204 valence electrons. The molecular weight excluding hydrogens is 494 g/mol. The van der Waals surface area contributed by atoms with Crippen LogP contribution in [0.2, 0.25) is 0 Å². The van der Waals surface area contributed by atoms with Crippen LogP contribution in [0.25, 0.3) is 11.1 Å². The Morgan fingerprint density at radius 1 is 0.872 bits per heavy atom. The van der Waals surface area contributed by atoms with E-state index in [9.17, 15) is 9.59 Å². The summed E-state index contributed by atoms with van der Waals surface area (Å²) in [6.07, 6.45) is 1.30. The second kappa shape index (κ2) is 11.3. The molecule has 1 heterocycles. The molecule has 5 rings (SSSR count). The highest BCUT2D eigenvalue weighted by Crippen LogP contribution is 2.50. The summed E-state index contributed by atoms with van der Waals surface area (Å²) in [6, 6.07) is 17.6. The monoisotopic (exact) mass is 529 g/mol. The van der Waals surface area contributed by atoms with Crippen LogP contribution < -0.4 is 34.8 Å². The Balaban J connectivity index is 1.61. The average molecular weight is 530 g/mol. The number of hydrogen-bond donors (Lipinski definition) is 1. The second-order valence-electron chi connectivity index (χ2n) is 9.88. The first-order chi connectivity index (χ1) is 18.9. The number of nitrogens with zero attached hydrogens (tertiary/aromatic N) is 2. The van der Waals surface area contributed by atoms with Crippen molar-refractivity contribution in [1.82, 2.24) is 5.32 Å². The van der Waals surface area contributed by atoms with Crippen LogP contribution in [-0.4, -0.2) is 53.4 Å². The minimum Gasteiger partial charge on any atom is -0.493 e. The van der Waals surface area contributed by atoms with E-state index in [1.807, 2.05) is 36.4 Å². The van der Waals surface area contributed by atoms with Gasteiger partial charge in [-0.25, -0.2) is 0 Å². The van der Waals surface area contributed by atoms with Crippen molar-refractivity contribution in [2.24, 2.45) is 0 Å². The van der Waals surface area contributed by atoms with Gasteiger partial charge in [-0.1, -0.05) is 24.3 Å². The number of amides is 1. The fraction of sp³-hybridized carbons (Fsp3) is 0.355. The molecule has 1 aliphatic carbocycles. The first-order valence-corrected chi connectivity index (χ1v) is 13.3. The lowest BCUT2D eigenvalue weighted by Gasteiger charge is -2.36. The Bertz CT molecular complexity index is 1420. The normalized spacial score (nSPS) is 16.5. The molecule has 8 nitrogen and oxygen atoms in total. The van der Waals surface area contributed by atoms with Gasteiger partial charge >= 0.3 is 0 Å². The number of benzene rings is 2. The minimum absolute atomic E-state index is 0.0670. The number of hydrogen-bond acceptors (Lipinski definition) is 7. The summed E-state index contributed by atoms with van der Waals surface area (Å²) < 4.78 is 17.2. The molecular formula is C31H35N3O5. The number of rotatable bonds is 6. The average Bonchev–Trinajstić information content (AvgIpc) is 3.21. The maximum Gasteiger partial charge on any atom is 0.217 e. The van der Waals surface area contributed by atoms with E-state index in [4.69, 9.17) is 14.2 Å². The third-order valence-electron chi connectivity index (χ3n) is 7.64. The zero-order valence-corrected chi connectivity index (χ0v) is 23.0. The van der Waals surface area contributed by atoms with Crippen molar-refractivity contribution in [2.45, 2.75) is 25.8 Å². The van der Waals surface area contributed by atoms with E-state index < -0.39 is 0 Å². The van der Waals surface area contributed by atoms with Gasteiger partial charge in [0.1, 0.15) is 0 Å². The fourth-order valence-corrected chi connectivity index (χ4v) is 5.81. The zero-order chi connectivity index (χ0) is 27.5. The lowest BCUT2D eigenvalue weighted by Crippen LogP contribution is -2.47. The number of carbonyl (C=O) groups excluding carboxylic acids is 1. The highest BCUT2D eigenvalue weighted by Gasteiger charge is 2.30. The molecule has 1 N–H and O–H groups in total. The minimum atomic E-state index is -0.325. The molecule has 1 saturated heterocycles. The maximum atomic E-state index is 13.7. The molecule has 39 heavy (non-hydrogen) atoms. The second-order valence-corrected chi connectivity index (χ2v) is 9.88. The number of ether oxygens (including phenoxy) is 3. The predicted octanol–water partition coefficient (Wildman–Crippen LogP) is 4.19. The van der Waals surface area contributed by atoms with Gasteiger partial charge < -0.3 is 29.3 Å². The van der Waals surface area contributed by atoms with Gasteiger partial charge in [-0.3, -0.25) is 9.59 Å². The molecule has 0 bridgehead atoms. The van der Waals surface area contributed by atoms with Crippen LogP contribution in [0.1, 0.15) is 30.5 Å². The van der Waals surface area contributed by atoms with Crippen molar-refractivity contribution >= 4 is 17.3 Å². The van der Waals surface area contributed by atoms with E-state index in [0.717, 1.165) is 48.4 Å². The Morgan fingerprint density at radius 2 is 1.56 bits per heavy atom. The van der Waals surface area contributed by atoms with Crippen LogP contribution in [0.15, 0.2) is 59.4 Å². The molecule has 0 radical (unpaired) electrons. The smallest absolute Gasteiger partial charge is 0.217 e. The number of nitrogens with one attached hydrogen (secondary N) is 1. The fourth-order valence-electron chi connectivity index (χ4n) is 5.81. The molecule has 3 aromatic rings. The van der Waals surface area contributed by atoms with Gasteiger partial charge in [-0.05, 0) is 59.9 Å². The van der Waals surface area contributed by atoms with Crippen molar-refractivity contribution in [2.75, 3.05) is 57.3 Å². The largest absolute Gasteiger partial charge is 0.493 e. The predicted molar refractivity (Wildman–Crippen MR) is 154 cm³/mol. The van der Waals surface area contributed by atoms with E-state index in [2.05, 4.69) is 27.2 Å². The van der Waals surface area contributed by atoms with Crippen LogP contribution in [-0.2, 0) is 11.2 Å². The summed E-state index contributed by atoms with van der Waals surface area (Å²) >= 11 is 0. The first kappa shape index (κ1) is 26.4. The van der Waals surface area contributed by atoms with Gasteiger partial charge in [0.05, 0.1) is 33.1 Å². The third kappa shape index (κ3) is 5.11. The van der Waals surface area contributed by atoms with Crippen LogP contribution in [0.4, 0.5) is 11.4 Å². The Labute approximate surface area is 229 Å². The molecule has 2 aliphatic rings. The third-order valence-corrected chi connectivity index (χ3v) is 7.64. The number of piperazine rings is 1. The Hall–Kier alpha value is -4.20. The number of fused-ring (bicyclic) bond motifs is 3. The van der Waals surface area contributed by atoms with E-state index in [-0.39, 0.29) is 17.4 Å². The van der Waals surface area contributed by atoms with Crippen LogP contribution >= 0.6 is 0 Å². The summed E-state index contributed by atoms with van der Waals surface area (Å²) in [5.74, 6) is 1.48. The number of carbonyl (C=O) groups is 1. The van der Waals surface area contributed by atoms with Crippen molar-refractivity contribution in [3.63, 3.8) is 0 Å². The molecule has 1 aliphatic heterocycles. The maximum absolute atomic E-state index is 13.7. The van der Waals surface area contributed by atoms with Crippen molar-refractivity contribution in [1.29, 1.82) is 0 Å². The molecule has 8 heteroatoms. The number of anilines is 2.